The van der Waals surface area contributed by atoms with E-state index in [1.807, 2.05) is 0 Å². The second-order valence-electron chi connectivity index (χ2n) is 6.65. The van der Waals surface area contributed by atoms with Gasteiger partial charge < -0.3 is 4.74 Å². The van der Waals surface area contributed by atoms with Crippen LogP contribution in [0.2, 0.25) is 0 Å². The lowest BCUT2D eigenvalue weighted by atomic mass is 9.78. The Bertz CT molecular complexity index is 467. The molecule has 0 saturated heterocycles. The van der Waals surface area contributed by atoms with Gasteiger partial charge in [0.1, 0.15) is 5.75 Å². The molecule has 0 spiro atoms. The molecule has 1 saturated carbocycles. The van der Waals surface area contributed by atoms with Crippen LogP contribution in [-0.4, -0.2) is 7.11 Å². The lowest BCUT2D eigenvalue weighted by molar-refractivity contribution is 0.374. The lowest BCUT2D eigenvalue weighted by Gasteiger charge is -2.27. The van der Waals surface area contributed by atoms with Gasteiger partial charge in [-0.15, -0.1) is 0 Å². The van der Waals surface area contributed by atoms with Gasteiger partial charge in [0.15, 0.2) is 0 Å². The van der Waals surface area contributed by atoms with Crippen molar-refractivity contribution in [1.29, 1.82) is 0 Å². The van der Waals surface area contributed by atoms with Crippen molar-refractivity contribution in [2.24, 2.45) is 5.92 Å². The van der Waals surface area contributed by atoms with E-state index in [4.69, 9.17) is 4.74 Å². The van der Waals surface area contributed by atoms with Crippen LogP contribution in [0.15, 0.2) is 30.4 Å². The third-order valence-corrected chi connectivity index (χ3v) is 4.93. The maximum Gasteiger partial charge on any atom is 0.122 e. The first kappa shape index (κ1) is 17.1. The van der Waals surface area contributed by atoms with Crippen molar-refractivity contribution in [3.05, 3.63) is 41.5 Å². The molecule has 1 aliphatic carbocycles. The highest BCUT2D eigenvalue weighted by Crippen LogP contribution is 2.37. The average Bonchev–Trinajstić information content (AvgIpc) is 2.56. The number of benzene rings is 1. The SMILES string of the molecule is CCCC=CC1CCC(c2ccc(OC)c(CCC)c2)CC1. The molecule has 0 bridgehead atoms. The number of hydrogen-bond acceptors (Lipinski definition) is 1. The average molecular weight is 300 g/mol. The zero-order valence-corrected chi connectivity index (χ0v) is 14.6. The minimum absolute atomic E-state index is 0.748. The molecule has 0 N–H and O–H groups in total. The second kappa shape index (κ2) is 9.02. The molecule has 22 heavy (non-hydrogen) atoms. The van der Waals surface area contributed by atoms with E-state index in [0.717, 1.165) is 24.0 Å². The molecule has 0 radical (unpaired) electrons. The van der Waals surface area contributed by atoms with E-state index in [0.29, 0.717) is 0 Å². The molecule has 1 heteroatoms. The van der Waals surface area contributed by atoms with Gasteiger partial charge >= 0.3 is 0 Å². The van der Waals surface area contributed by atoms with Gasteiger partial charge in [-0.25, -0.2) is 0 Å². The van der Waals surface area contributed by atoms with Crippen LogP contribution < -0.4 is 4.74 Å². The number of aryl methyl sites for hydroxylation is 1. The standard InChI is InChI=1S/C21H32O/c1-4-6-7-9-17-10-12-18(13-11-17)19-14-15-21(22-3)20(16-19)8-5-2/h7,9,14-18H,4-6,8,10-13H2,1-3H3. The van der Waals surface area contributed by atoms with Crippen molar-refractivity contribution >= 4 is 0 Å². The minimum atomic E-state index is 0.748. The van der Waals surface area contributed by atoms with Crippen LogP contribution in [-0.2, 0) is 6.42 Å². The predicted molar refractivity (Wildman–Crippen MR) is 95.7 cm³/mol. The number of unbranched alkanes of at least 4 members (excludes halogenated alkanes) is 1. The number of ether oxygens (including phenoxy) is 1. The predicted octanol–water partition coefficient (Wildman–Crippen LogP) is 6.28. The van der Waals surface area contributed by atoms with E-state index in [2.05, 4.69) is 44.2 Å². The normalized spacial score (nSPS) is 22.1. The van der Waals surface area contributed by atoms with Crippen molar-refractivity contribution in [3.8, 4) is 5.75 Å². The highest BCUT2D eigenvalue weighted by atomic mass is 16.5. The molecule has 122 valence electrons. The molecule has 0 aliphatic heterocycles. The molecule has 0 aromatic heterocycles. The number of allylic oxidation sites excluding steroid dienone is 2. The summed E-state index contributed by atoms with van der Waals surface area (Å²) in [5.74, 6) is 2.62. The number of rotatable bonds is 7. The summed E-state index contributed by atoms with van der Waals surface area (Å²) in [6, 6.07) is 6.86. The first-order chi connectivity index (χ1) is 10.8. The second-order valence-corrected chi connectivity index (χ2v) is 6.65. The van der Waals surface area contributed by atoms with Crippen molar-refractivity contribution in [2.75, 3.05) is 7.11 Å². The monoisotopic (exact) mass is 300 g/mol. The molecule has 0 atom stereocenters. The molecule has 0 unspecified atom stereocenters. The van der Waals surface area contributed by atoms with Crippen LogP contribution in [0, 0.1) is 5.92 Å². The fraction of sp³-hybridized carbons (Fsp3) is 0.619. The first-order valence-electron chi connectivity index (χ1n) is 9.11. The van der Waals surface area contributed by atoms with Crippen molar-refractivity contribution < 1.29 is 4.74 Å². The fourth-order valence-corrected chi connectivity index (χ4v) is 3.62. The summed E-state index contributed by atoms with van der Waals surface area (Å²) in [6.45, 7) is 4.48. The summed E-state index contributed by atoms with van der Waals surface area (Å²) in [5.41, 5.74) is 2.91. The first-order valence-corrected chi connectivity index (χ1v) is 9.11. The van der Waals surface area contributed by atoms with E-state index in [9.17, 15) is 0 Å². The topological polar surface area (TPSA) is 9.23 Å². The molecule has 0 heterocycles. The summed E-state index contributed by atoms with van der Waals surface area (Å²) >= 11 is 0. The molecule has 1 nitrogen and oxygen atoms in total. The Morgan fingerprint density at radius 1 is 1.09 bits per heavy atom. The van der Waals surface area contributed by atoms with E-state index >= 15 is 0 Å². The Hall–Kier alpha value is -1.24. The molecule has 1 fully saturated rings. The zero-order valence-electron chi connectivity index (χ0n) is 14.6. The van der Waals surface area contributed by atoms with Crippen LogP contribution in [0.25, 0.3) is 0 Å². The maximum absolute atomic E-state index is 5.50. The van der Waals surface area contributed by atoms with Crippen LogP contribution in [0.3, 0.4) is 0 Å². The van der Waals surface area contributed by atoms with E-state index in [-0.39, 0.29) is 0 Å². The number of hydrogen-bond donors (Lipinski definition) is 0. The van der Waals surface area contributed by atoms with Gasteiger partial charge in [0.05, 0.1) is 7.11 Å². The van der Waals surface area contributed by atoms with Gasteiger partial charge in [-0.2, -0.15) is 0 Å². The van der Waals surface area contributed by atoms with Crippen molar-refractivity contribution in [1.82, 2.24) is 0 Å². The molecular weight excluding hydrogens is 268 g/mol. The minimum Gasteiger partial charge on any atom is -0.496 e. The van der Waals surface area contributed by atoms with E-state index in [1.165, 1.54) is 56.1 Å². The summed E-state index contributed by atoms with van der Waals surface area (Å²) in [7, 11) is 1.78. The Labute approximate surface area is 136 Å². The van der Waals surface area contributed by atoms with E-state index < -0.39 is 0 Å². The summed E-state index contributed by atoms with van der Waals surface area (Å²) in [4.78, 5) is 0. The van der Waals surface area contributed by atoms with Crippen LogP contribution >= 0.6 is 0 Å². The van der Waals surface area contributed by atoms with Gasteiger partial charge in [-0.1, -0.05) is 51.0 Å². The number of methoxy groups -OCH3 is 1. The summed E-state index contributed by atoms with van der Waals surface area (Å²) in [6.07, 6.45) is 15.0. The van der Waals surface area contributed by atoms with Gasteiger partial charge in [0.25, 0.3) is 0 Å². The van der Waals surface area contributed by atoms with Gasteiger partial charge in [0, 0.05) is 0 Å². The third kappa shape index (κ3) is 4.63. The van der Waals surface area contributed by atoms with Gasteiger partial charge in [-0.3, -0.25) is 0 Å². The molecule has 1 aromatic rings. The lowest BCUT2D eigenvalue weighted by Crippen LogP contribution is -2.12. The summed E-state index contributed by atoms with van der Waals surface area (Å²) < 4.78 is 5.50. The molecular formula is C21H32O. The smallest absolute Gasteiger partial charge is 0.122 e. The highest BCUT2D eigenvalue weighted by Gasteiger charge is 2.21. The molecule has 1 aliphatic rings. The fourth-order valence-electron chi connectivity index (χ4n) is 3.62. The van der Waals surface area contributed by atoms with Gasteiger partial charge in [0.2, 0.25) is 0 Å². The molecule has 0 amide bonds. The Morgan fingerprint density at radius 3 is 2.50 bits per heavy atom. The zero-order chi connectivity index (χ0) is 15.8. The van der Waals surface area contributed by atoms with Crippen molar-refractivity contribution in [2.45, 2.75) is 71.1 Å². The Kier molecular flexibility index (Phi) is 7.02. The summed E-state index contributed by atoms with van der Waals surface area (Å²) in [5, 5.41) is 0. The van der Waals surface area contributed by atoms with Gasteiger partial charge in [-0.05, 0) is 67.6 Å². The van der Waals surface area contributed by atoms with Crippen LogP contribution in [0.4, 0.5) is 0 Å². The Balaban J connectivity index is 1.97. The Morgan fingerprint density at radius 2 is 1.86 bits per heavy atom. The molecule has 2 rings (SSSR count). The highest BCUT2D eigenvalue weighted by molar-refractivity contribution is 5.39. The largest absolute Gasteiger partial charge is 0.496 e. The van der Waals surface area contributed by atoms with Crippen LogP contribution in [0.5, 0.6) is 5.75 Å². The van der Waals surface area contributed by atoms with E-state index in [1.54, 1.807) is 7.11 Å². The third-order valence-electron chi connectivity index (χ3n) is 4.93. The maximum atomic E-state index is 5.50. The van der Waals surface area contributed by atoms with Crippen molar-refractivity contribution in [3.63, 3.8) is 0 Å². The van der Waals surface area contributed by atoms with Crippen LogP contribution in [0.1, 0.15) is 75.8 Å². The molecule has 1 aromatic carbocycles. The quantitative estimate of drug-likeness (QED) is 0.539.